The molecule has 0 saturated heterocycles. The van der Waals surface area contributed by atoms with Gasteiger partial charge in [0.25, 0.3) is 9.05 Å². The molecule has 1 rings (SSSR count). The number of halogens is 3. The van der Waals surface area contributed by atoms with Crippen LogP contribution in [0.25, 0.3) is 0 Å². The van der Waals surface area contributed by atoms with Crippen molar-refractivity contribution >= 4 is 37.3 Å². The van der Waals surface area contributed by atoms with E-state index in [-0.39, 0.29) is 5.02 Å². The van der Waals surface area contributed by atoms with Crippen LogP contribution in [0, 0.1) is 5.82 Å². The smallest absolute Gasteiger partial charge is 0.341 e. The van der Waals surface area contributed by atoms with Gasteiger partial charge in [0.2, 0.25) is 0 Å². The van der Waals surface area contributed by atoms with Gasteiger partial charge >= 0.3 is 5.97 Å². The monoisotopic (exact) mass is 314 g/mol. The third kappa shape index (κ3) is 3.57. The average Bonchev–Trinajstić information content (AvgIpc) is 2.18. The lowest BCUT2D eigenvalue weighted by Crippen LogP contribution is -2.14. The third-order valence-electron chi connectivity index (χ3n) is 1.83. The number of carbonyl (C=O) groups is 1. The van der Waals surface area contributed by atoms with Crippen LogP contribution in [0.5, 0.6) is 0 Å². The van der Waals surface area contributed by atoms with Gasteiger partial charge in [0.05, 0.1) is 11.7 Å². The van der Waals surface area contributed by atoms with E-state index < -0.39 is 37.4 Å². The molecule has 4 nitrogen and oxygen atoms in total. The highest BCUT2D eigenvalue weighted by Gasteiger charge is 2.24. The molecule has 0 unspecified atom stereocenters. The van der Waals surface area contributed by atoms with Gasteiger partial charge in [0.1, 0.15) is 4.90 Å². The van der Waals surface area contributed by atoms with Crippen LogP contribution in [0.15, 0.2) is 17.0 Å². The third-order valence-corrected chi connectivity index (χ3v) is 3.37. The topological polar surface area (TPSA) is 60.4 Å². The second-order valence-corrected chi connectivity index (χ2v) is 6.63. The molecule has 0 aliphatic rings. The molecular formula is C10H9Cl2FO4S. The van der Waals surface area contributed by atoms with Crippen molar-refractivity contribution in [3.63, 3.8) is 0 Å². The van der Waals surface area contributed by atoms with Crippen molar-refractivity contribution in [2.24, 2.45) is 0 Å². The summed E-state index contributed by atoms with van der Waals surface area (Å²) in [5.74, 6) is -2.29. The summed E-state index contributed by atoms with van der Waals surface area (Å²) in [7, 11) is 0.704. The van der Waals surface area contributed by atoms with Gasteiger partial charge in [0, 0.05) is 15.7 Å². The number of esters is 1. The molecule has 0 spiro atoms. The van der Waals surface area contributed by atoms with Gasteiger partial charge in [-0.05, 0) is 26.0 Å². The minimum Gasteiger partial charge on any atom is -0.459 e. The van der Waals surface area contributed by atoms with Crippen molar-refractivity contribution in [1.29, 1.82) is 0 Å². The Balaban J connectivity index is 3.39. The zero-order valence-corrected chi connectivity index (χ0v) is 11.7. The number of carbonyl (C=O) groups excluding carboxylic acids is 1. The number of rotatable bonds is 3. The summed E-state index contributed by atoms with van der Waals surface area (Å²) < 4.78 is 40.8. The molecule has 0 atom stereocenters. The normalized spacial score (nSPS) is 11.7. The summed E-state index contributed by atoms with van der Waals surface area (Å²) >= 11 is 5.61. The summed E-state index contributed by atoms with van der Waals surface area (Å²) in [6, 6.07) is 1.80. The number of benzene rings is 1. The first-order valence-corrected chi connectivity index (χ1v) is 7.46. The minimum absolute atomic E-state index is 0.133. The molecule has 0 amide bonds. The molecule has 1 aromatic carbocycles. The Morgan fingerprint density at radius 1 is 1.39 bits per heavy atom. The van der Waals surface area contributed by atoms with Gasteiger partial charge in [-0.1, -0.05) is 11.6 Å². The first-order chi connectivity index (χ1) is 8.12. The summed E-state index contributed by atoms with van der Waals surface area (Å²) in [5, 5.41) is -0.133. The van der Waals surface area contributed by atoms with E-state index in [0.29, 0.717) is 0 Å². The molecule has 0 heterocycles. The fraction of sp³-hybridized carbons (Fsp3) is 0.300. The lowest BCUT2D eigenvalue weighted by Gasteiger charge is -2.10. The van der Waals surface area contributed by atoms with E-state index in [1.165, 1.54) is 0 Å². The van der Waals surface area contributed by atoms with E-state index in [0.717, 1.165) is 12.1 Å². The van der Waals surface area contributed by atoms with Crippen LogP contribution in [0.3, 0.4) is 0 Å². The second-order valence-electron chi connectivity index (χ2n) is 3.66. The minimum atomic E-state index is -4.34. The largest absolute Gasteiger partial charge is 0.459 e. The maximum atomic E-state index is 13.8. The molecule has 1 aromatic rings. The Morgan fingerprint density at radius 2 is 1.94 bits per heavy atom. The van der Waals surface area contributed by atoms with Gasteiger partial charge in [-0.3, -0.25) is 0 Å². The first kappa shape index (κ1) is 15.2. The maximum Gasteiger partial charge on any atom is 0.341 e. The zero-order chi connectivity index (χ0) is 14.1. The Morgan fingerprint density at radius 3 is 2.39 bits per heavy atom. The Hall–Kier alpha value is -0.850. The molecule has 18 heavy (non-hydrogen) atoms. The van der Waals surface area contributed by atoms with Crippen LogP contribution in [-0.4, -0.2) is 20.5 Å². The predicted molar refractivity (Wildman–Crippen MR) is 65.0 cm³/mol. The number of hydrogen-bond acceptors (Lipinski definition) is 4. The summed E-state index contributed by atoms with van der Waals surface area (Å²) in [5.41, 5.74) is -0.574. The van der Waals surface area contributed by atoms with Crippen LogP contribution >= 0.6 is 22.3 Å². The molecule has 0 saturated carbocycles. The van der Waals surface area contributed by atoms with E-state index in [9.17, 15) is 17.6 Å². The van der Waals surface area contributed by atoms with Crippen molar-refractivity contribution in [3.05, 3.63) is 28.5 Å². The summed E-state index contributed by atoms with van der Waals surface area (Å²) in [4.78, 5) is 10.7. The molecule has 0 aromatic heterocycles. The first-order valence-electron chi connectivity index (χ1n) is 4.77. The molecule has 8 heteroatoms. The molecule has 0 aliphatic carbocycles. The van der Waals surface area contributed by atoms with Gasteiger partial charge in [-0.25, -0.2) is 17.6 Å². The molecule has 0 bridgehead atoms. The highest BCUT2D eigenvalue weighted by molar-refractivity contribution is 8.13. The van der Waals surface area contributed by atoms with Gasteiger partial charge < -0.3 is 4.74 Å². The van der Waals surface area contributed by atoms with Crippen molar-refractivity contribution in [2.75, 3.05) is 0 Å². The fourth-order valence-electron chi connectivity index (χ4n) is 1.17. The SMILES string of the molecule is CC(C)OC(=O)c1cc(Cl)cc(S(=O)(=O)Cl)c1F. The van der Waals surface area contributed by atoms with E-state index in [2.05, 4.69) is 0 Å². The Bertz CT molecular complexity index is 584. The van der Waals surface area contributed by atoms with Crippen molar-refractivity contribution in [3.8, 4) is 0 Å². The van der Waals surface area contributed by atoms with Crippen LogP contribution in [-0.2, 0) is 13.8 Å². The zero-order valence-electron chi connectivity index (χ0n) is 9.41. The lowest BCUT2D eigenvalue weighted by atomic mass is 10.2. The van der Waals surface area contributed by atoms with E-state index in [1.54, 1.807) is 13.8 Å². The average molecular weight is 315 g/mol. The molecule has 0 radical (unpaired) electrons. The van der Waals surface area contributed by atoms with E-state index in [4.69, 9.17) is 27.0 Å². The molecular weight excluding hydrogens is 306 g/mol. The number of ether oxygens (including phenoxy) is 1. The highest BCUT2D eigenvalue weighted by Crippen LogP contribution is 2.26. The van der Waals surface area contributed by atoms with Crippen LogP contribution in [0.1, 0.15) is 24.2 Å². The Labute approximate surface area is 113 Å². The molecule has 0 fully saturated rings. The fourth-order valence-corrected chi connectivity index (χ4v) is 2.38. The Kier molecular flexibility index (Phi) is 4.58. The predicted octanol–water partition coefficient (Wildman–Crippen LogP) is 2.97. The maximum absolute atomic E-state index is 13.8. The van der Waals surface area contributed by atoms with E-state index in [1.807, 2.05) is 0 Å². The molecule has 0 aliphatic heterocycles. The van der Waals surface area contributed by atoms with Gasteiger partial charge in [0.15, 0.2) is 5.82 Å². The summed E-state index contributed by atoms with van der Waals surface area (Å²) in [6.45, 7) is 3.14. The standard InChI is InChI=1S/C10H9Cl2FO4S/c1-5(2)17-10(14)7-3-6(11)4-8(9(7)13)18(12,15)16/h3-5H,1-2H3. The van der Waals surface area contributed by atoms with Crippen LogP contribution < -0.4 is 0 Å². The lowest BCUT2D eigenvalue weighted by molar-refractivity contribution is 0.0372. The quantitative estimate of drug-likeness (QED) is 0.635. The van der Waals surface area contributed by atoms with Gasteiger partial charge in [-0.15, -0.1) is 0 Å². The van der Waals surface area contributed by atoms with Crippen LogP contribution in [0.4, 0.5) is 4.39 Å². The van der Waals surface area contributed by atoms with Crippen LogP contribution in [0.2, 0.25) is 5.02 Å². The highest BCUT2D eigenvalue weighted by atomic mass is 35.7. The molecule has 0 N–H and O–H groups in total. The van der Waals surface area contributed by atoms with Crippen molar-refractivity contribution in [1.82, 2.24) is 0 Å². The number of hydrogen-bond donors (Lipinski definition) is 0. The summed E-state index contributed by atoms with van der Waals surface area (Å²) in [6.07, 6.45) is -0.480. The van der Waals surface area contributed by atoms with Gasteiger partial charge in [-0.2, -0.15) is 0 Å². The van der Waals surface area contributed by atoms with Crippen molar-refractivity contribution in [2.45, 2.75) is 24.8 Å². The van der Waals surface area contributed by atoms with Crippen molar-refractivity contribution < 1.29 is 22.3 Å². The second kappa shape index (κ2) is 5.42. The van der Waals surface area contributed by atoms with E-state index >= 15 is 0 Å². The molecule has 100 valence electrons.